The van der Waals surface area contributed by atoms with Gasteiger partial charge in [-0.2, -0.15) is 0 Å². The molecule has 2 atom stereocenters. The lowest BCUT2D eigenvalue weighted by molar-refractivity contribution is 0.0937. The molecule has 2 unspecified atom stereocenters. The second-order valence-corrected chi connectivity index (χ2v) is 4.95. The zero-order valence-corrected chi connectivity index (χ0v) is 10.5. The Morgan fingerprint density at radius 1 is 1.53 bits per heavy atom. The molecule has 1 fully saturated rings. The van der Waals surface area contributed by atoms with Gasteiger partial charge in [0.1, 0.15) is 5.82 Å². The average Bonchev–Trinajstić information content (AvgIpc) is 2.94. The van der Waals surface area contributed by atoms with Crippen LogP contribution in [0.3, 0.4) is 0 Å². The molecule has 5 heteroatoms. The number of carbonyl (C=O) groups excluding carboxylic acids is 1. The molecule has 2 N–H and O–H groups in total. The number of aryl methyl sites for hydroxylation is 1. The summed E-state index contributed by atoms with van der Waals surface area (Å²) in [4.78, 5) is 15.9. The van der Waals surface area contributed by atoms with E-state index in [0.29, 0.717) is 5.92 Å². The number of H-pyrrole nitrogens is 1. The highest BCUT2D eigenvalue weighted by Gasteiger charge is 2.22. The molecule has 1 saturated carbocycles. The summed E-state index contributed by atoms with van der Waals surface area (Å²) in [6.45, 7) is 4.99. The van der Waals surface area contributed by atoms with Crippen LogP contribution in [0.4, 0.5) is 0 Å². The summed E-state index contributed by atoms with van der Waals surface area (Å²) in [6.07, 6.45) is 4.48. The number of rotatable bonds is 4. The van der Waals surface area contributed by atoms with Crippen molar-refractivity contribution in [2.24, 2.45) is 11.8 Å². The summed E-state index contributed by atoms with van der Waals surface area (Å²) in [5.74, 6) is 2.27. The van der Waals surface area contributed by atoms with Crippen LogP contribution >= 0.6 is 0 Å². The fraction of sp³-hybridized carbons (Fsp3) is 0.750. The SMILES string of the molecule is CCc1nc(C(=O)NCC2CCC(C)C2)n[nH]1. The van der Waals surface area contributed by atoms with Crippen molar-refractivity contribution < 1.29 is 4.79 Å². The van der Waals surface area contributed by atoms with E-state index in [-0.39, 0.29) is 11.7 Å². The van der Waals surface area contributed by atoms with Gasteiger partial charge in [0.15, 0.2) is 0 Å². The molecule has 1 aliphatic carbocycles. The van der Waals surface area contributed by atoms with Crippen LogP contribution < -0.4 is 5.32 Å². The Bertz CT molecular complexity index is 388. The Labute approximate surface area is 101 Å². The molecule has 0 saturated heterocycles. The normalized spacial score (nSPS) is 23.9. The summed E-state index contributed by atoms with van der Waals surface area (Å²) >= 11 is 0. The maximum Gasteiger partial charge on any atom is 0.290 e. The fourth-order valence-corrected chi connectivity index (χ4v) is 2.38. The lowest BCUT2D eigenvalue weighted by Crippen LogP contribution is -2.29. The minimum atomic E-state index is -0.166. The largest absolute Gasteiger partial charge is 0.349 e. The minimum absolute atomic E-state index is 0.166. The van der Waals surface area contributed by atoms with Crippen LogP contribution in [-0.2, 0) is 6.42 Å². The van der Waals surface area contributed by atoms with Crippen LogP contribution in [0.25, 0.3) is 0 Å². The summed E-state index contributed by atoms with van der Waals surface area (Å²) in [5, 5.41) is 9.56. The smallest absolute Gasteiger partial charge is 0.290 e. The molecular formula is C12H20N4O. The standard InChI is InChI=1S/C12H20N4O/c1-3-10-14-11(16-15-10)12(17)13-7-9-5-4-8(2)6-9/h8-9H,3-7H2,1-2H3,(H,13,17)(H,14,15,16). The van der Waals surface area contributed by atoms with Crippen molar-refractivity contribution in [3.63, 3.8) is 0 Å². The van der Waals surface area contributed by atoms with E-state index in [1.165, 1.54) is 19.3 Å². The molecule has 0 spiro atoms. The molecule has 1 aromatic heterocycles. The van der Waals surface area contributed by atoms with E-state index in [4.69, 9.17) is 0 Å². The first-order valence-electron chi connectivity index (χ1n) is 6.38. The highest BCUT2D eigenvalue weighted by atomic mass is 16.2. The molecule has 0 aromatic carbocycles. The second-order valence-electron chi connectivity index (χ2n) is 4.95. The highest BCUT2D eigenvalue weighted by Crippen LogP contribution is 2.29. The molecule has 94 valence electrons. The zero-order chi connectivity index (χ0) is 12.3. The number of nitrogens with one attached hydrogen (secondary N) is 2. The molecule has 2 rings (SSSR count). The van der Waals surface area contributed by atoms with Crippen molar-refractivity contribution in [2.75, 3.05) is 6.54 Å². The van der Waals surface area contributed by atoms with Gasteiger partial charge in [-0.3, -0.25) is 9.89 Å². The molecule has 1 aliphatic rings. The van der Waals surface area contributed by atoms with E-state index in [2.05, 4.69) is 27.4 Å². The molecule has 0 bridgehead atoms. The minimum Gasteiger partial charge on any atom is -0.349 e. The van der Waals surface area contributed by atoms with Crippen LogP contribution in [0.5, 0.6) is 0 Å². The second kappa shape index (κ2) is 5.29. The summed E-state index contributed by atoms with van der Waals surface area (Å²) in [7, 11) is 0. The number of amides is 1. The number of hydrogen-bond acceptors (Lipinski definition) is 3. The fourth-order valence-electron chi connectivity index (χ4n) is 2.38. The van der Waals surface area contributed by atoms with E-state index in [1.807, 2.05) is 6.92 Å². The lowest BCUT2D eigenvalue weighted by Gasteiger charge is -2.09. The van der Waals surface area contributed by atoms with E-state index in [1.54, 1.807) is 0 Å². The van der Waals surface area contributed by atoms with Gasteiger partial charge in [-0.05, 0) is 24.7 Å². The van der Waals surface area contributed by atoms with Crippen LogP contribution in [-0.4, -0.2) is 27.6 Å². The predicted octanol–water partition coefficient (Wildman–Crippen LogP) is 1.53. The van der Waals surface area contributed by atoms with Crippen molar-refractivity contribution in [1.29, 1.82) is 0 Å². The van der Waals surface area contributed by atoms with Gasteiger partial charge in [0.05, 0.1) is 0 Å². The Morgan fingerprint density at radius 3 is 2.94 bits per heavy atom. The molecule has 1 aromatic rings. The first kappa shape index (κ1) is 12.1. The van der Waals surface area contributed by atoms with Gasteiger partial charge < -0.3 is 5.32 Å². The zero-order valence-electron chi connectivity index (χ0n) is 10.5. The monoisotopic (exact) mass is 236 g/mol. The van der Waals surface area contributed by atoms with E-state index in [0.717, 1.165) is 24.7 Å². The van der Waals surface area contributed by atoms with E-state index < -0.39 is 0 Å². The Balaban J connectivity index is 1.81. The van der Waals surface area contributed by atoms with Crippen molar-refractivity contribution in [2.45, 2.75) is 39.5 Å². The number of nitrogens with zero attached hydrogens (tertiary/aromatic N) is 2. The third kappa shape index (κ3) is 3.05. The Morgan fingerprint density at radius 2 is 2.35 bits per heavy atom. The number of hydrogen-bond donors (Lipinski definition) is 2. The van der Waals surface area contributed by atoms with Gasteiger partial charge in [-0.1, -0.05) is 20.3 Å². The number of aromatic nitrogens is 3. The van der Waals surface area contributed by atoms with E-state index >= 15 is 0 Å². The predicted molar refractivity (Wildman–Crippen MR) is 64.6 cm³/mol. The van der Waals surface area contributed by atoms with Gasteiger partial charge >= 0.3 is 0 Å². The van der Waals surface area contributed by atoms with Crippen LogP contribution in [0.15, 0.2) is 0 Å². The molecular weight excluding hydrogens is 216 g/mol. The maximum absolute atomic E-state index is 11.8. The molecule has 0 aliphatic heterocycles. The Hall–Kier alpha value is -1.39. The summed E-state index contributed by atoms with van der Waals surface area (Å²) in [5.41, 5.74) is 0. The van der Waals surface area contributed by atoms with Gasteiger partial charge in [-0.25, -0.2) is 4.98 Å². The molecule has 1 heterocycles. The van der Waals surface area contributed by atoms with Gasteiger partial charge in [0.25, 0.3) is 5.91 Å². The first-order chi connectivity index (χ1) is 8.19. The topological polar surface area (TPSA) is 70.7 Å². The van der Waals surface area contributed by atoms with Crippen LogP contribution in [0.1, 0.15) is 49.6 Å². The maximum atomic E-state index is 11.8. The quantitative estimate of drug-likeness (QED) is 0.833. The van der Waals surface area contributed by atoms with Gasteiger partial charge in [-0.15, -0.1) is 5.10 Å². The van der Waals surface area contributed by atoms with Crippen LogP contribution in [0.2, 0.25) is 0 Å². The first-order valence-corrected chi connectivity index (χ1v) is 6.38. The molecule has 0 radical (unpaired) electrons. The van der Waals surface area contributed by atoms with Crippen LogP contribution in [0, 0.1) is 11.8 Å². The van der Waals surface area contributed by atoms with Gasteiger partial charge in [0.2, 0.25) is 5.82 Å². The lowest BCUT2D eigenvalue weighted by atomic mass is 10.1. The molecule has 1 amide bonds. The number of aromatic amines is 1. The Kier molecular flexibility index (Phi) is 3.76. The highest BCUT2D eigenvalue weighted by molar-refractivity contribution is 5.90. The van der Waals surface area contributed by atoms with Crippen molar-refractivity contribution in [3.05, 3.63) is 11.6 Å². The molecule has 17 heavy (non-hydrogen) atoms. The summed E-state index contributed by atoms with van der Waals surface area (Å²) in [6, 6.07) is 0. The van der Waals surface area contributed by atoms with Crippen molar-refractivity contribution >= 4 is 5.91 Å². The molecule has 5 nitrogen and oxygen atoms in total. The van der Waals surface area contributed by atoms with E-state index in [9.17, 15) is 4.79 Å². The summed E-state index contributed by atoms with van der Waals surface area (Å²) < 4.78 is 0. The average molecular weight is 236 g/mol. The number of carbonyl (C=O) groups is 1. The van der Waals surface area contributed by atoms with Crippen molar-refractivity contribution in [1.82, 2.24) is 20.5 Å². The third-order valence-electron chi connectivity index (χ3n) is 3.42. The van der Waals surface area contributed by atoms with Crippen molar-refractivity contribution in [3.8, 4) is 0 Å². The van der Waals surface area contributed by atoms with Gasteiger partial charge in [0, 0.05) is 13.0 Å². The third-order valence-corrected chi connectivity index (χ3v) is 3.42.